The van der Waals surface area contributed by atoms with E-state index in [1.807, 2.05) is 16.9 Å². The number of allylic oxidation sites excluding steroid dienone is 3. The summed E-state index contributed by atoms with van der Waals surface area (Å²) in [5.41, 5.74) is 2.25. The molecule has 0 aliphatic carbocycles. The molecule has 0 fully saturated rings. The molecule has 0 radical (unpaired) electrons. The molecule has 0 aliphatic heterocycles. The second-order valence-corrected chi connectivity index (χ2v) is 1.45. The molecule has 0 bridgehead atoms. The average molecular weight is 146 g/mol. The van der Waals surface area contributed by atoms with Crippen molar-refractivity contribution in [1.29, 1.82) is 0 Å². The molecule has 8 heavy (non-hydrogen) atoms. The minimum absolute atomic E-state index is 1.68. The second-order valence-electron chi connectivity index (χ2n) is 0.989. The molecule has 0 saturated heterocycles. The molecule has 0 aromatic heterocycles. The number of nitrogens with one attached hydrogen (secondary N) is 1. The maximum absolute atomic E-state index is 4.87. The van der Waals surface area contributed by atoms with Gasteiger partial charge in [-0.25, -0.2) is 0 Å². The number of hydrazine groups is 1. The third-order valence-electron chi connectivity index (χ3n) is 0.460. The number of nitrogens with two attached hydrogens (primary N) is 1. The fourth-order valence-corrected chi connectivity index (χ4v) is 0.357. The molecular weight excluding hydrogens is 139 g/mol. The van der Waals surface area contributed by atoms with Crippen molar-refractivity contribution in [2.45, 2.75) is 0 Å². The molecular formula is C5H7N2V-. The zero-order valence-electron chi connectivity index (χ0n) is 4.33. The Hall–Kier alpha value is -0.306. The van der Waals surface area contributed by atoms with Crippen LogP contribution in [0.4, 0.5) is 0 Å². The molecule has 2 nitrogen and oxygen atoms in total. The molecule has 3 heteroatoms. The van der Waals surface area contributed by atoms with Gasteiger partial charge in [0.1, 0.15) is 0 Å². The molecule has 0 heterocycles. The monoisotopic (exact) mass is 146 g/mol. The van der Waals surface area contributed by atoms with Gasteiger partial charge in [-0.05, 0) is 0 Å². The summed E-state index contributed by atoms with van der Waals surface area (Å²) in [4.78, 5) is 0. The SMILES string of the molecule is NN[C-]=C/C=C\[CH]=[V]. The van der Waals surface area contributed by atoms with Crippen LogP contribution >= 0.6 is 0 Å². The minimum atomic E-state index is 1.68. The normalized spacial score (nSPS) is 10.5. The van der Waals surface area contributed by atoms with Gasteiger partial charge in [-0.15, -0.1) is 0 Å². The van der Waals surface area contributed by atoms with Crippen LogP contribution in [-0.2, 0) is 17.0 Å². The fraction of sp³-hybridized carbons (Fsp3) is 0. The van der Waals surface area contributed by atoms with Gasteiger partial charge in [0.05, 0.1) is 0 Å². The van der Waals surface area contributed by atoms with E-state index < -0.39 is 0 Å². The van der Waals surface area contributed by atoms with Crippen molar-refractivity contribution >= 4 is 4.73 Å². The average Bonchev–Trinajstić information content (AvgIpc) is 1.81. The Morgan fingerprint density at radius 2 is 2.25 bits per heavy atom. The first-order chi connectivity index (χ1) is 3.91. The van der Waals surface area contributed by atoms with Gasteiger partial charge < -0.3 is 0 Å². The Balaban J connectivity index is 3.26. The van der Waals surface area contributed by atoms with Crippen LogP contribution in [-0.4, -0.2) is 4.73 Å². The fourth-order valence-electron chi connectivity index (χ4n) is 0.201. The third kappa shape index (κ3) is 5.69. The molecule has 43 valence electrons. The third-order valence-corrected chi connectivity index (χ3v) is 0.729. The van der Waals surface area contributed by atoms with Gasteiger partial charge in [-0.1, -0.05) is 0 Å². The molecule has 0 aliphatic rings. The van der Waals surface area contributed by atoms with Crippen molar-refractivity contribution < 1.29 is 17.0 Å². The van der Waals surface area contributed by atoms with Gasteiger partial charge in [0.25, 0.3) is 0 Å². The van der Waals surface area contributed by atoms with Crippen LogP contribution in [0.1, 0.15) is 0 Å². The maximum atomic E-state index is 4.87. The van der Waals surface area contributed by atoms with Gasteiger partial charge in [0.2, 0.25) is 0 Å². The predicted molar refractivity (Wildman–Crippen MR) is 30.3 cm³/mol. The van der Waals surface area contributed by atoms with E-state index in [9.17, 15) is 0 Å². The number of hydrogen-bond donors (Lipinski definition) is 2. The number of rotatable bonds is 3. The molecule has 0 rings (SSSR count). The Morgan fingerprint density at radius 1 is 1.50 bits per heavy atom. The van der Waals surface area contributed by atoms with E-state index in [4.69, 9.17) is 5.84 Å². The zero-order chi connectivity index (χ0) is 6.24. The van der Waals surface area contributed by atoms with E-state index in [1.165, 1.54) is 0 Å². The molecule has 0 saturated carbocycles. The Kier molecular flexibility index (Phi) is 6.44. The van der Waals surface area contributed by atoms with Crippen molar-refractivity contribution in [3.05, 3.63) is 24.4 Å². The van der Waals surface area contributed by atoms with Crippen LogP contribution in [0.15, 0.2) is 18.2 Å². The zero-order valence-corrected chi connectivity index (χ0v) is 5.73. The van der Waals surface area contributed by atoms with Crippen LogP contribution in [0.3, 0.4) is 0 Å². The first kappa shape index (κ1) is 7.69. The molecule has 0 unspecified atom stereocenters. The van der Waals surface area contributed by atoms with Crippen LogP contribution in [0.5, 0.6) is 0 Å². The topological polar surface area (TPSA) is 38.0 Å². The first-order valence-corrected chi connectivity index (χ1v) is 2.89. The van der Waals surface area contributed by atoms with Crippen LogP contribution in [0.25, 0.3) is 0 Å². The molecule has 3 N–H and O–H groups in total. The predicted octanol–water partition coefficient (Wildman–Crippen LogP) is -0.328. The Labute approximate surface area is 57.9 Å². The summed E-state index contributed by atoms with van der Waals surface area (Å²) in [6, 6.07) is 0. The summed E-state index contributed by atoms with van der Waals surface area (Å²) < 4.78 is 1.86. The summed E-state index contributed by atoms with van der Waals surface area (Å²) in [7, 11) is 0. The van der Waals surface area contributed by atoms with E-state index in [-0.39, 0.29) is 0 Å². The van der Waals surface area contributed by atoms with Crippen molar-refractivity contribution in [2.24, 2.45) is 5.84 Å². The van der Waals surface area contributed by atoms with E-state index >= 15 is 0 Å². The van der Waals surface area contributed by atoms with Gasteiger partial charge in [0.15, 0.2) is 0 Å². The van der Waals surface area contributed by atoms with Gasteiger partial charge in [-0.2, -0.15) is 0 Å². The molecule has 0 amide bonds. The molecule has 0 atom stereocenters. The summed E-state index contributed by atoms with van der Waals surface area (Å²) >= 11 is 2.33. The van der Waals surface area contributed by atoms with Gasteiger partial charge >= 0.3 is 57.4 Å². The van der Waals surface area contributed by atoms with Crippen molar-refractivity contribution in [3.63, 3.8) is 0 Å². The van der Waals surface area contributed by atoms with Crippen molar-refractivity contribution in [1.82, 2.24) is 5.43 Å². The standard InChI is InChI=1S/C5H7N2.V/c1-2-3-4-5-7-6;/h1-4,7H,6H2;/q-1;/b3-2-;. The number of hydrogen-bond acceptors (Lipinski definition) is 2. The molecule has 0 spiro atoms. The van der Waals surface area contributed by atoms with Crippen LogP contribution in [0, 0.1) is 6.20 Å². The second kappa shape index (κ2) is 6.69. The Morgan fingerprint density at radius 3 is 2.75 bits per heavy atom. The first-order valence-electron chi connectivity index (χ1n) is 2.09. The van der Waals surface area contributed by atoms with Crippen molar-refractivity contribution in [2.75, 3.05) is 0 Å². The summed E-state index contributed by atoms with van der Waals surface area (Å²) in [6.07, 6.45) is 7.94. The molecule has 0 aromatic carbocycles. The summed E-state index contributed by atoms with van der Waals surface area (Å²) in [5.74, 6) is 4.87. The van der Waals surface area contributed by atoms with Gasteiger partial charge in [0, 0.05) is 0 Å². The Bertz CT molecular complexity index is 107. The van der Waals surface area contributed by atoms with Gasteiger partial charge in [-0.3, -0.25) is 0 Å². The van der Waals surface area contributed by atoms with Crippen LogP contribution < -0.4 is 11.3 Å². The van der Waals surface area contributed by atoms with E-state index in [0.29, 0.717) is 0 Å². The summed E-state index contributed by atoms with van der Waals surface area (Å²) in [6.45, 7) is 0. The van der Waals surface area contributed by atoms with E-state index in [2.05, 4.69) is 28.6 Å². The van der Waals surface area contributed by atoms with Crippen molar-refractivity contribution in [3.8, 4) is 0 Å². The van der Waals surface area contributed by atoms with E-state index in [1.54, 1.807) is 6.08 Å². The van der Waals surface area contributed by atoms with E-state index in [0.717, 1.165) is 0 Å². The quantitative estimate of drug-likeness (QED) is 0.188. The van der Waals surface area contributed by atoms with Crippen LogP contribution in [0.2, 0.25) is 0 Å². The summed E-state index contributed by atoms with van der Waals surface area (Å²) in [5, 5.41) is 0. The molecule has 0 aromatic rings.